The summed E-state index contributed by atoms with van der Waals surface area (Å²) in [5.74, 6) is -0.723. The van der Waals surface area contributed by atoms with Crippen LogP contribution in [-0.4, -0.2) is 17.6 Å². The highest BCUT2D eigenvalue weighted by Gasteiger charge is 2.34. The van der Waals surface area contributed by atoms with E-state index >= 15 is 0 Å². The largest absolute Gasteiger partial charge is 0.481 e. The highest BCUT2D eigenvalue weighted by Crippen LogP contribution is 2.26. The molecule has 0 unspecified atom stereocenters. The van der Waals surface area contributed by atoms with E-state index in [0.29, 0.717) is 25.9 Å². The van der Waals surface area contributed by atoms with Crippen molar-refractivity contribution in [3.8, 4) is 0 Å². The van der Waals surface area contributed by atoms with E-state index in [2.05, 4.69) is 5.32 Å². The molecule has 1 heterocycles. The van der Waals surface area contributed by atoms with Crippen molar-refractivity contribution in [3.63, 3.8) is 0 Å². The molecular weight excluding hydrogens is 258 g/mol. The average Bonchev–Trinajstić information content (AvgIpc) is 2.70. The molecule has 1 aromatic rings. The van der Waals surface area contributed by atoms with Gasteiger partial charge in [0.05, 0.1) is 10.4 Å². The standard InChI is InChI=1S/C12H18ClNO2S/c1-3-12(4-2,11(15)16)8-14-6-10-5-9(13)7-17-10/h5,7,14H,3-4,6,8H2,1-2H3,(H,15,16). The Hall–Kier alpha value is -0.580. The van der Waals surface area contributed by atoms with Gasteiger partial charge in [0.2, 0.25) is 0 Å². The highest BCUT2D eigenvalue weighted by atomic mass is 35.5. The Kier molecular flexibility index (Phi) is 5.43. The zero-order valence-corrected chi connectivity index (χ0v) is 11.7. The van der Waals surface area contributed by atoms with E-state index in [1.807, 2.05) is 25.3 Å². The molecule has 0 aromatic carbocycles. The summed E-state index contributed by atoms with van der Waals surface area (Å²) in [6, 6.07) is 1.90. The number of thiophene rings is 1. The first-order chi connectivity index (χ1) is 8.04. The Morgan fingerprint density at radius 3 is 2.59 bits per heavy atom. The van der Waals surface area contributed by atoms with E-state index in [-0.39, 0.29) is 0 Å². The number of carboxylic acid groups (broad SMARTS) is 1. The van der Waals surface area contributed by atoms with Gasteiger partial charge >= 0.3 is 5.97 Å². The number of nitrogens with one attached hydrogen (secondary N) is 1. The molecule has 0 amide bonds. The second-order valence-electron chi connectivity index (χ2n) is 4.13. The molecule has 96 valence electrons. The van der Waals surface area contributed by atoms with Crippen LogP contribution in [-0.2, 0) is 11.3 Å². The first-order valence-electron chi connectivity index (χ1n) is 5.71. The van der Waals surface area contributed by atoms with Crippen LogP contribution >= 0.6 is 22.9 Å². The van der Waals surface area contributed by atoms with Crippen molar-refractivity contribution in [2.45, 2.75) is 33.2 Å². The quantitative estimate of drug-likeness (QED) is 0.802. The van der Waals surface area contributed by atoms with E-state index in [1.54, 1.807) is 11.3 Å². The fourth-order valence-corrected chi connectivity index (χ4v) is 2.79. The zero-order chi connectivity index (χ0) is 12.9. The summed E-state index contributed by atoms with van der Waals surface area (Å²) in [6.07, 6.45) is 1.27. The van der Waals surface area contributed by atoms with E-state index < -0.39 is 11.4 Å². The van der Waals surface area contributed by atoms with Crippen LogP contribution in [0.2, 0.25) is 5.02 Å². The van der Waals surface area contributed by atoms with E-state index in [0.717, 1.165) is 9.90 Å². The normalized spacial score (nSPS) is 11.7. The van der Waals surface area contributed by atoms with Crippen LogP contribution in [0, 0.1) is 5.41 Å². The Bertz CT molecular complexity index is 374. The van der Waals surface area contributed by atoms with Crippen LogP contribution in [0.4, 0.5) is 0 Å². The molecule has 5 heteroatoms. The lowest BCUT2D eigenvalue weighted by molar-refractivity contribution is -0.149. The number of hydrogen-bond donors (Lipinski definition) is 2. The van der Waals surface area contributed by atoms with Crippen molar-refractivity contribution in [1.29, 1.82) is 0 Å². The lowest BCUT2D eigenvalue weighted by atomic mass is 9.82. The van der Waals surface area contributed by atoms with E-state index in [1.165, 1.54) is 0 Å². The van der Waals surface area contributed by atoms with Gasteiger partial charge < -0.3 is 10.4 Å². The Morgan fingerprint density at radius 1 is 1.53 bits per heavy atom. The molecule has 0 radical (unpaired) electrons. The maximum absolute atomic E-state index is 11.3. The molecule has 0 aliphatic carbocycles. The third-order valence-electron chi connectivity index (χ3n) is 3.19. The topological polar surface area (TPSA) is 49.3 Å². The van der Waals surface area contributed by atoms with Crippen LogP contribution in [0.25, 0.3) is 0 Å². The summed E-state index contributed by atoms with van der Waals surface area (Å²) in [6.45, 7) is 5.00. The highest BCUT2D eigenvalue weighted by molar-refractivity contribution is 7.10. The van der Waals surface area contributed by atoms with Gasteiger partial charge in [-0.05, 0) is 18.9 Å². The van der Waals surface area contributed by atoms with E-state index in [9.17, 15) is 9.90 Å². The van der Waals surface area contributed by atoms with Crippen molar-refractivity contribution >= 4 is 28.9 Å². The maximum atomic E-state index is 11.3. The van der Waals surface area contributed by atoms with Gasteiger partial charge in [0.1, 0.15) is 0 Å². The molecular formula is C12H18ClNO2S. The summed E-state index contributed by atoms with van der Waals surface area (Å²) in [4.78, 5) is 12.4. The van der Waals surface area contributed by atoms with Gasteiger partial charge in [-0.1, -0.05) is 25.4 Å². The Labute approximate surface area is 111 Å². The van der Waals surface area contributed by atoms with E-state index in [4.69, 9.17) is 11.6 Å². The molecule has 1 aromatic heterocycles. The van der Waals surface area contributed by atoms with Gasteiger partial charge in [0, 0.05) is 23.3 Å². The second kappa shape index (κ2) is 6.38. The summed E-state index contributed by atoms with van der Waals surface area (Å²) in [7, 11) is 0. The lowest BCUT2D eigenvalue weighted by Crippen LogP contribution is -2.39. The molecule has 0 saturated heterocycles. The molecule has 0 fully saturated rings. The third kappa shape index (κ3) is 3.69. The fraction of sp³-hybridized carbons (Fsp3) is 0.583. The van der Waals surface area contributed by atoms with Crippen molar-refractivity contribution in [3.05, 3.63) is 21.3 Å². The van der Waals surface area contributed by atoms with Crippen LogP contribution in [0.3, 0.4) is 0 Å². The number of hydrogen-bond acceptors (Lipinski definition) is 3. The fourth-order valence-electron chi connectivity index (χ4n) is 1.75. The minimum absolute atomic E-state index is 0.491. The van der Waals surface area contributed by atoms with Crippen LogP contribution in [0.1, 0.15) is 31.6 Å². The summed E-state index contributed by atoms with van der Waals surface area (Å²) >= 11 is 7.40. The first kappa shape index (κ1) is 14.5. The Balaban J connectivity index is 2.50. The summed E-state index contributed by atoms with van der Waals surface area (Å²) < 4.78 is 0. The van der Waals surface area contributed by atoms with Crippen LogP contribution < -0.4 is 5.32 Å². The molecule has 0 atom stereocenters. The SMILES string of the molecule is CCC(CC)(CNCc1cc(Cl)cs1)C(=O)O. The lowest BCUT2D eigenvalue weighted by Gasteiger charge is -2.26. The van der Waals surface area contributed by atoms with Gasteiger partial charge in [0.15, 0.2) is 0 Å². The number of carboxylic acids is 1. The number of aliphatic carboxylic acids is 1. The van der Waals surface area contributed by atoms with Crippen LogP contribution in [0.5, 0.6) is 0 Å². The van der Waals surface area contributed by atoms with Crippen LogP contribution in [0.15, 0.2) is 11.4 Å². The monoisotopic (exact) mass is 275 g/mol. The average molecular weight is 276 g/mol. The molecule has 0 aliphatic rings. The first-order valence-corrected chi connectivity index (χ1v) is 6.97. The predicted octanol–water partition coefficient (Wildman–Crippen LogP) is 3.38. The molecule has 0 bridgehead atoms. The number of carbonyl (C=O) groups is 1. The molecule has 0 aliphatic heterocycles. The van der Waals surface area contributed by atoms with Gasteiger partial charge in [0.25, 0.3) is 0 Å². The minimum atomic E-state index is -0.723. The molecule has 1 rings (SSSR count). The summed E-state index contributed by atoms with van der Waals surface area (Å²) in [5, 5.41) is 15.1. The smallest absolute Gasteiger partial charge is 0.310 e. The summed E-state index contributed by atoms with van der Waals surface area (Å²) in [5.41, 5.74) is -0.652. The van der Waals surface area contributed by atoms with Crippen molar-refractivity contribution in [2.24, 2.45) is 5.41 Å². The molecule has 0 saturated carbocycles. The Morgan fingerprint density at radius 2 is 2.18 bits per heavy atom. The predicted molar refractivity (Wildman–Crippen MR) is 71.7 cm³/mol. The number of halogens is 1. The zero-order valence-electron chi connectivity index (χ0n) is 10.1. The maximum Gasteiger partial charge on any atom is 0.310 e. The van der Waals surface area contributed by atoms with Gasteiger partial charge in [-0.25, -0.2) is 0 Å². The molecule has 17 heavy (non-hydrogen) atoms. The molecule has 2 N–H and O–H groups in total. The van der Waals surface area contributed by atoms with Crippen molar-refractivity contribution in [2.75, 3.05) is 6.54 Å². The van der Waals surface area contributed by atoms with Gasteiger partial charge in [-0.3, -0.25) is 4.79 Å². The van der Waals surface area contributed by atoms with Crippen molar-refractivity contribution < 1.29 is 9.90 Å². The number of rotatable bonds is 7. The second-order valence-corrected chi connectivity index (χ2v) is 5.56. The molecule has 0 spiro atoms. The molecule has 3 nitrogen and oxygen atoms in total. The van der Waals surface area contributed by atoms with Gasteiger partial charge in [-0.15, -0.1) is 11.3 Å². The third-order valence-corrected chi connectivity index (χ3v) is 4.48. The minimum Gasteiger partial charge on any atom is -0.481 e. The van der Waals surface area contributed by atoms with Gasteiger partial charge in [-0.2, -0.15) is 0 Å². The van der Waals surface area contributed by atoms with Crippen molar-refractivity contribution in [1.82, 2.24) is 5.32 Å².